The zero-order valence-electron chi connectivity index (χ0n) is 23.2. The maximum absolute atomic E-state index is 13.8. The molecule has 0 aliphatic heterocycles. The van der Waals surface area contributed by atoms with E-state index in [0.29, 0.717) is 5.69 Å². The van der Waals surface area contributed by atoms with Gasteiger partial charge in [-0.2, -0.15) is 0 Å². The van der Waals surface area contributed by atoms with Gasteiger partial charge in [-0.05, 0) is 58.1 Å². The monoisotopic (exact) mass is 520 g/mol. The Kier molecular flexibility index (Phi) is 8.85. The number of carbonyl (C=O) groups is 1. The molecule has 0 unspecified atom stereocenters. The highest BCUT2D eigenvalue weighted by Gasteiger charge is 2.26. The van der Waals surface area contributed by atoms with Gasteiger partial charge in [0.25, 0.3) is 15.9 Å². The lowest BCUT2D eigenvalue weighted by molar-refractivity contribution is 0.102. The van der Waals surface area contributed by atoms with Crippen molar-refractivity contribution in [2.75, 3.05) is 10.0 Å². The molecule has 0 saturated carbocycles. The van der Waals surface area contributed by atoms with Crippen molar-refractivity contribution in [3.8, 4) is 0 Å². The molecular weight excluding hydrogens is 480 g/mol. The maximum Gasteiger partial charge on any atom is 0.262 e. The Morgan fingerprint density at radius 1 is 0.595 bits per heavy atom. The molecule has 0 aromatic heterocycles. The molecule has 0 saturated heterocycles. The molecule has 0 heterocycles. The zero-order valence-corrected chi connectivity index (χ0v) is 24.0. The smallest absolute Gasteiger partial charge is 0.262 e. The molecule has 0 radical (unpaired) electrons. The summed E-state index contributed by atoms with van der Waals surface area (Å²) in [5.41, 5.74) is 5.33. The van der Waals surface area contributed by atoms with Crippen LogP contribution in [0.2, 0.25) is 0 Å². The van der Waals surface area contributed by atoms with Gasteiger partial charge < -0.3 is 5.32 Å². The molecule has 0 aliphatic carbocycles. The predicted molar refractivity (Wildman–Crippen MR) is 154 cm³/mol. The van der Waals surface area contributed by atoms with E-state index in [1.165, 1.54) is 6.07 Å². The second-order valence-corrected chi connectivity index (χ2v) is 12.4. The van der Waals surface area contributed by atoms with Crippen molar-refractivity contribution in [1.29, 1.82) is 0 Å². The van der Waals surface area contributed by atoms with Crippen LogP contribution in [0.3, 0.4) is 0 Å². The van der Waals surface area contributed by atoms with Crippen LogP contribution in [-0.4, -0.2) is 14.3 Å². The fraction of sp³-hybridized carbons (Fsp3) is 0.387. The molecule has 0 spiro atoms. The number of sulfonamides is 1. The number of carbonyl (C=O) groups excluding carboxylic acids is 1. The molecule has 3 aromatic carbocycles. The molecule has 198 valence electrons. The summed E-state index contributed by atoms with van der Waals surface area (Å²) in [5, 5.41) is 3.06. The van der Waals surface area contributed by atoms with Crippen molar-refractivity contribution in [2.24, 2.45) is 0 Å². The number of rotatable bonds is 9. The first-order valence-corrected chi connectivity index (χ1v) is 14.5. The van der Waals surface area contributed by atoms with Gasteiger partial charge in [-0.3, -0.25) is 9.52 Å². The number of nitrogens with one attached hydrogen (secondary N) is 2. The molecule has 37 heavy (non-hydrogen) atoms. The first-order valence-electron chi connectivity index (χ1n) is 13.0. The number of hydrogen-bond acceptors (Lipinski definition) is 3. The highest BCUT2D eigenvalue weighted by atomic mass is 32.2. The highest BCUT2D eigenvalue weighted by molar-refractivity contribution is 7.92. The summed E-state index contributed by atoms with van der Waals surface area (Å²) in [7, 11) is -4.06. The molecule has 0 fully saturated rings. The molecule has 0 aliphatic rings. The summed E-state index contributed by atoms with van der Waals surface area (Å²) >= 11 is 0. The summed E-state index contributed by atoms with van der Waals surface area (Å²) in [4.78, 5) is 13.6. The number of para-hydroxylation sites is 2. The van der Waals surface area contributed by atoms with Crippen molar-refractivity contribution in [2.45, 2.75) is 84.0 Å². The minimum atomic E-state index is -4.06. The van der Waals surface area contributed by atoms with Crippen LogP contribution in [0.25, 0.3) is 0 Å². The van der Waals surface area contributed by atoms with Crippen molar-refractivity contribution in [3.05, 3.63) is 88.5 Å². The highest BCUT2D eigenvalue weighted by Crippen LogP contribution is 2.35. The first-order chi connectivity index (χ1) is 17.3. The summed E-state index contributed by atoms with van der Waals surface area (Å²) in [6.07, 6.45) is 0. The van der Waals surface area contributed by atoms with Gasteiger partial charge in [0.2, 0.25) is 0 Å². The van der Waals surface area contributed by atoms with Crippen molar-refractivity contribution >= 4 is 27.3 Å². The second-order valence-electron chi connectivity index (χ2n) is 10.8. The Bertz CT molecular complexity index is 1320. The largest absolute Gasteiger partial charge is 0.321 e. The fourth-order valence-corrected chi connectivity index (χ4v) is 5.95. The first kappa shape index (κ1) is 28.5. The predicted octanol–water partition coefficient (Wildman–Crippen LogP) is 8.23. The van der Waals surface area contributed by atoms with Crippen molar-refractivity contribution in [1.82, 2.24) is 0 Å². The topological polar surface area (TPSA) is 75.3 Å². The SMILES string of the molecule is CC(C)c1cccc(C(C)C)c1NC(=O)c1ccccc1S(=O)(=O)Nc1c(C(C)C)cccc1C(C)C. The third kappa shape index (κ3) is 6.24. The molecule has 3 aromatic rings. The normalized spacial score (nSPS) is 12.0. The minimum absolute atomic E-state index is 0.0473. The van der Waals surface area contributed by atoms with Crippen LogP contribution in [0.5, 0.6) is 0 Å². The van der Waals surface area contributed by atoms with E-state index in [1.807, 2.05) is 64.1 Å². The minimum Gasteiger partial charge on any atom is -0.321 e. The Morgan fingerprint density at radius 3 is 1.43 bits per heavy atom. The Balaban J connectivity index is 2.08. The summed E-state index contributed by atoms with van der Waals surface area (Å²) in [6.45, 7) is 16.5. The summed E-state index contributed by atoms with van der Waals surface area (Å²) in [6, 6.07) is 18.3. The van der Waals surface area contributed by atoms with Crippen LogP contribution in [0.1, 0.15) is 112 Å². The van der Waals surface area contributed by atoms with Crippen LogP contribution < -0.4 is 10.0 Å². The van der Waals surface area contributed by atoms with Crippen molar-refractivity contribution < 1.29 is 13.2 Å². The molecule has 0 atom stereocenters. The average Bonchev–Trinajstić information content (AvgIpc) is 2.83. The number of anilines is 2. The molecule has 5 nitrogen and oxygen atoms in total. The number of hydrogen-bond donors (Lipinski definition) is 2. The van der Waals surface area contributed by atoms with Gasteiger partial charge in [0, 0.05) is 5.69 Å². The van der Waals surface area contributed by atoms with E-state index >= 15 is 0 Å². The lowest BCUT2D eigenvalue weighted by atomic mass is 9.92. The summed E-state index contributed by atoms with van der Waals surface area (Å²) in [5.74, 6) is 0.180. The van der Waals surface area contributed by atoms with E-state index < -0.39 is 15.9 Å². The van der Waals surface area contributed by atoms with E-state index in [-0.39, 0.29) is 34.1 Å². The lowest BCUT2D eigenvalue weighted by Crippen LogP contribution is -2.22. The van der Waals surface area contributed by atoms with Gasteiger partial charge >= 0.3 is 0 Å². The fourth-order valence-electron chi connectivity index (χ4n) is 4.62. The molecule has 6 heteroatoms. The molecule has 0 bridgehead atoms. The van der Waals surface area contributed by atoms with E-state index in [2.05, 4.69) is 37.7 Å². The zero-order chi connectivity index (χ0) is 27.5. The number of benzene rings is 3. The Labute approximate surface area is 222 Å². The number of amides is 1. The van der Waals surface area contributed by atoms with Crippen LogP contribution in [0.15, 0.2) is 65.6 Å². The maximum atomic E-state index is 13.8. The third-order valence-electron chi connectivity index (χ3n) is 6.64. The Morgan fingerprint density at radius 2 is 1.00 bits per heavy atom. The Hall–Kier alpha value is -3.12. The second kappa shape index (κ2) is 11.5. The standard InChI is InChI=1S/C31H40N2O3S/c1-19(2)23-14-11-15-24(20(3)4)29(23)32-31(34)27-13-9-10-18-28(27)37(35,36)33-30-25(21(5)6)16-12-17-26(30)22(7)8/h9-22,33H,1-8H3,(H,32,34). The average molecular weight is 521 g/mol. The van der Waals surface area contributed by atoms with Crippen LogP contribution in [-0.2, 0) is 10.0 Å². The van der Waals surface area contributed by atoms with Crippen LogP contribution in [0.4, 0.5) is 11.4 Å². The van der Waals surface area contributed by atoms with Crippen LogP contribution >= 0.6 is 0 Å². The molecular formula is C31H40N2O3S. The van der Waals surface area contributed by atoms with Gasteiger partial charge in [-0.1, -0.05) is 104 Å². The van der Waals surface area contributed by atoms with E-state index in [9.17, 15) is 13.2 Å². The van der Waals surface area contributed by atoms with Gasteiger partial charge in [-0.15, -0.1) is 0 Å². The van der Waals surface area contributed by atoms with Gasteiger partial charge in [0.05, 0.1) is 11.3 Å². The molecule has 1 amide bonds. The van der Waals surface area contributed by atoms with E-state index in [0.717, 1.165) is 27.9 Å². The molecule has 2 N–H and O–H groups in total. The van der Waals surface area contributed by atoms with Gasteiger partial charge in [-0.25, -0.2) is 8.42 Å². The van der Waals surface area contributed by atoms with E-state index in [4.69, 9.17) is 0 Å². The lowest BCUT2D eigenvalue weighted by Gasteiger charge is -2.22. The quantitative estimate of drug-likeness (QED) is 0.298. The van der Waals surface area contributed by atoms with E-state index in [1.54, 1.807) is 18.2 Å². The van der Waals surface area contributed by atoms with Gasteiger partial charge in [0.15, 0.2) is 0 Å². The van der Waals surface area contributed by atoms with Crippen molar-refractivity contribution in [3.63, 3.8) is 0 Å². The summed E-state index contributed by atoms with van der Waals surface area (Å²) < 4.78 is 30.4. The molecule has 3 rings (SSSR count). The third-order valence-corrected chi connectivity index (χ3v) is 8.05. The van der Waals surface area contributed by atoms with Crippen LogP contribution in [0, 0.1) is 0 Å². The van der Waals surface area contributed by atoms with Gasteiger partial charge in [0.1, 0.15) is 4.90 Å².